The number of benzene rings is 2. The van der Waals surface area contributed by atoms with Crippen molar-refractivity contribution in [3.8, 4) is 5.75 Å². The third-order valence-corrected chi connectivity index (χ3v) is 6.48. The van der Waals surface area contributed by atoms with E-state index in [4.69, 9.17) is 32.7 Å². The first-order valence-electron chi connectivity index (χ1n) is 9.03. The summed E-state index contributed by atoms with van der Waals surface area (Å²) in [6.45, 7) is 2.58. The number of hydrogen-bond donors (Lipinski definition) is 1. The van der Waals surface area contributed by atoms with Gasteiger partial charge in [-0.25, -0.2) is 17.5 Å². The van der Waals surface area contributed by atoms with Crippen LogP contribution in [0.25, 0.3) is 0 Å². The summed E-state index contributed by atoms with van der Waals surface area (Å²) in [7, 11) is -0.844. The van der Waals surface area contributed by atoms with Crippen molar-refractivity contribution in [2.75, 3.05) is 26.0 Å². The molecule has 0 heterocycles. The average Bonchev–Trinajstić information content (AvgIpc) is 2.69. The Balaban J connectivity index is 1.98. The van der Waals surface area contributed by atoms with Crippen LogP contribution in [0.3, 0.4) is 0 Å². The molecule has 1 N–H and O–H groups in total. The molecule has 11 heteroatoms. The zero-order valence-electron chi connectivity index (χ0n) is 17.3. The van der Waals surface area contributed by atoms with Crippen LogP contribution < -0.4 is 10.1 Å². The maximum atomic E-state index is 12.3. The maximum Gasteiger partial charge on any atom is 0.347 e. The molecule has 1 atom stereocenters. The van der Waals surface area contributed by atoms with Crippen LogP contribution in [0.5, 0.6) is 5.75 Å². The molecular weight excluding hydrogens is 467 g/mol. The molecule has 0 spiro atoms. The van der Waals surface area contributed by atoms with Crippen molar-refractivity contribution in [2.45, 2.75) is 24.8 Å². The van der Waals surface area contributed by atoms with E-state index in [1.807, 2.05) is 0 Å². The average molecular weight is 489 g/mol. The second-order valence-corrected chi connectivity index (χ2v) is 9.75. The number of ether oxygens (including phenoxy) is 2. The molecule has 0 radical (unpaired) electrons. The van der Waals surface area contributed by atoms with Crippen LogP contribution in [-0.2, 0) is 24.3 Å². The Morgan fingerprint density at radius 1 is 1.13 bits per heavy atom. The Bertz CT molecular complexity index is 1090. The molecule has 1 unspecified atom stereocenters. The summed E-state index contributed by atoms with van der Waals surface area (Å²) in [5.74, 6) is -1.16. The van der Waals surface area contributed by atoms with E-state index in [0.717, 1.165) is 4.31 Å². The minimum absolute atomic E-state index is 0.0252. The van der Waals surface area contributed by atoms with E-state index in [2.05, 4.69) is 5.32 Å². The first-order chi connectivity index (χ1) is 14.4. The summed E-state index contributed by atoms with van der Waals surface area (Å²) in [6.07, 6.45) is -1.03. The van der Waals surface area contributed by atoms with Crippen LogP contribution in [-0.4, -0.2) is 51.4 Å². The summed E-state index contributed by atoms with van der Waals surface area (Å²) < 4.78 is 36.0. The van der Waals surface area contributed by atoms with Crippen LogP contribution in [0.4, 0.5) is 5.69 Å². The Labute approximate surface area is 191 Å². The summed E-state index contributed by atoms with van der Waals surface area (Å²) >= 11 is 11.8. The van der Waals surface area contributed by atoms with Gasteiger partial charge in [0.15, 0.2) is 12.7 Å². The third-order valence-electron chi connectivity index (χ3n) is 4.14. The van der Waals surface area contributed by atoms with Crippen LogP contribution in [0, 0.1) is 6.92 Å². The number of nitrogens with zero attached hydrogens (tertiary/aromatic N) is 1. The fraction of sp³-hybridized carbons (Fsp3) is 0.300. The second-order valence-electron chi connectivity index (χ2n) is 6.75. The summed E-state index contributed by atoms with van der Waals surface area (Å²) in [5, 5.41) is 3.19. The summed E-state index contributed by atoms with van der Waals surface area (Å²) in [6, 6.07) is 8.90. The van der Waals surface area contributed by atoms with Gasteiger partial charge in [-0.3, -0.25) is 4.79 Å². The summed E-state index contributed by atoms with van der Waals surface area (Å²) in [5.41, 5.74) is 0.938. The van der Waals surface area contributed by atoms with E-state index in [0.29, 0.717) is 16.3 Å². The highest BCUT2D eigenvalue weighted by molar-refractivity contribution is 7.89. The number of rotatable bonds is 8. The largest absolute Gasteiger partial charge is 0.477 e. The Morgan fingerprint density at radius 3 is 2.42 bits per heavy atom. The highest BCUT2D eigenvalue weighted by Gasteiger charge is 2.21. The van der Waals surface area contributed by atoms with Crippen molar-refractivity contribution < 1.29 is 27.5 Å². The predicted molar refractivity (Wildman–Crippen MR) is 118 cm³/mol. The van der Waals surface area contributed by atoms with Gasteiger partial charge in [0.05, 0.1) is 9.92 Å². The van der Waals surface area contributed by atoms with Crippen molar-refractivity contribution in [2.24, 2.45) is 0 Å². The zero-order valence-corrected chi connectivity index (χ0v) is 19.6. The SMILES string of the molecule is Cc1ccc(S(=O)(=O)N(C)C)cc1NC(=O)COC(=O)C(C)Oc1ccc(Cl)cc1Cl. The summed E-state index contributed by atoms with van der Waals surface area (Å²) in [4.78, 5) is 24.4. The number of carbonyl (C=O) groups is 2. The molecule has 2 aromatic rings. The molecule has 8 nitrogen and oxygen atoms in total. The van der Waals surface area contributed by atoms with Gasteiger partial charge in [0.2, 0.25) is 10.0 Å². The van der Waals surface area contributed by atoms with E-state index in [1.54, 1.807) is 19.1 Å². The number of nitrogens with one attached hydrogen (secondary N) is 1. The van der Waals surface area contributed by atoms with Gasteiger partial charge in [-0.2, -0.15) is 0 Å². The molecule has 168 valence electrons. The van der Waals surface area contributed by atoms with Crippen LogP contribution in [0.1, 0.15) is 12.5 Å². The number of hydrogen-bond acceptors (Lipinski definition) is 6. The van der Waals surface area contributed by atoms with Gasteiger partial charge in [0.25, 0.3) is 5.91 Å². The monoisotopic (exact) mass is 488 g/mol. The fourth-order valence-electron chi connectivity index (χ4n) is 2.36. The second kappa shape index (κ2) is 10.3. The minimum atomic E-state index is -3.66. The van der Waals surface area contributed by atoms with E-state index in [1.165, 1.54) is 45.3 Å². The smallest absolute Gasteiger partial charge is 0.347 e. The van der Waals surface area contributed by atoms with E-state index in [-0.39, 0.29) is 15.7 Å². The van der Waals surface area contributed by atoms with E-state index in [9.17, 15) is 18.0 Å². The molecule has 1 amide bonds. The lowest BCUT2D eigenvalue weighted by Gasteiger charge is -2.16. The molecule has 0 saturated heterocycles. The molecule has 0 bridgehead atoms. The number of esters is 1. The number of carbonyl (C=O) groups excluding carboxylic acids is 2. The van der Waals surface area contributed by atoms with E-state index < -0.39 is 34.6 Å². The Morgan fingerprint density at radius 2 is 1.81 bits per heavy atom. The van der Waals surface area contributed by atoms with Gasteiger partial charge in [-0.05, 0) is 49.7 Å². The molecule has 0 fully saturated rings. The lowest BCUT2D eigenvalue weighted by molar-refractivity contribution is -0.153. The Hall–Kier alpha value is -2.33. The van der Waals surface area contributed by atoms with E-state index >= 15 is 0 Å². The molecule has 0 aliphatic rings. The molecule has 2 aromatic carbocycles. The van der Waals surface area contributed by atoms with Gasteiger partial charge >= 0.3 is 5.97 Å². The van der Waals surface area contributed by atoms with Crippen LogP contribution >= 0.6 is 23.2 Å². The highest BCUT2D eigenvalue weighted by Crippen LogP contribution is 2.28. The number of anilines is 1. The third kappa shape index (κ3) is 6.57. The predicted octanol–water partition coefficient (Wildman–Crippen LogP) is 3.50. The standard InChI is InChI=1S/C20H22Cl2N2O6S/c1-12-5-7-15(31(27,28)24(3)4)10-17(12)23-19(25)11-29-20(26)13(2)30-18-8-6-14(21)9-16(18)22/h5-10,13H,11H2,1-4H3,(H,23,25). The molecule has 2 rings (SSSR count). The molecule has 0 aromatic heterocycles. The van der Waals surface area contributed by atoms with Gasteiger partial charge in [0.1, 0.15) is 5.75 Å². The highest BCUT2D eigenvalue weighted by atomic mass is 35.5. The van der Waals surface area contributed by atoms with Crippen LogP contribution in [0.15, 0.2) is 41.3 Å². The van der Waals surface area contributed by atoms with Gasteiger partial charge in [-0.15, -0.1) is 0 Å². The zero-order chi connectivity index (χ0) is 23.3. The van der Waals surface area contributed by atoms with Gasteiger partial charge in [0, 0.05) is 24.8 Å². The maximum absolute atomic E-state index is 12.3. The van der Waals surface area contributed by atoms with Crippen molar-refractivity contribution in [3.05, 3.63) is 52.0 Å². The lowest BCUT2D eigenvalue weighted by atomic mass is 10.2. The van der Waals surface area contributed by atoms with Crippen molar-refractivity contribution >= 4 is 50.8 Å². The number of sulfonamides is 1. The van der Waals surface area contributed by atoms with Gasteiger partial charge in [-0.1, -0.05) is 29.3 Å². The number of amides is 1. The number of aryl methyl sites for hydroxylation is 1. The van der Waals surface area contributed by atoms with Crippen molar-refractivity contribution in [1.82, 2.24) is 4.31 Å². The first kappa shape index (κ1) is 24.9. The molecular formula is C20H22Cl2N2O6S. The van der Waals surface area contributed by atoms with Crippen molar-refractivity contribution in [3.63, 3.8) is 0 Å². The van der Waals surface area contributed by atoms with Gasteiger partial charge < -0.3 is 14.8 Å². The lowest BCUT2D eigenvalue weighted by Crippen LogP contribution is -2.30. The van der Waals surface area contributed by atoms with Crippen molar-refractivity contribution in [1.29, 1.82) is 0 Å². The fourth-order valence-corrected chi connectivity index (χ4v) is 3.74. The molecule has 31 heavy (non-hydrogen) atoms. The normalized spacial score (nSPS) is 12.4. The molecule has 0 aliphatic carbocycles. The topological polar surface area (TPSA) is 102 Å². The molecule has 0 saturated carbocycles. The first-order valence-corrected chi connectivity index (χ1v) is 11.2. The van der Waals surface area contributed by atoms with Crippen LogP contribution in [0.2, 0.25) is 10.0 Å². The quantitative estimate of drug-likeness (QED) is 0.570. The molecule has 0 aliphatic heterocycles. The Kier molecular flexibility index (Phi) is 8.30. The number of halogens is 2. The minimum Gasteiger partial charge on any atom is -0.477 e.